The second-order valence-electron chi connectivity index (χ2n) is 5.49. The smallest absolute Gasteiger partial charge is 0.224 e. The van der Waals surface area contributed by atoms with E-state index in [9.17, 15) is 4.79 Å². The van der Waals surface area contributed by atoms with Crippen molar-refractivity contribution >= 4 is 23.2 Å². The predicted octanol–water partition coefficient (Wildman–Crippen LogP) is 4.36. The second-order valence-corrected chi connectivity index (χ2v) is 6.14. The average Bonchev–Trinajstić information content (AvgIpc) is 2.14. The molecule has 94 valence electrons. The molecule has 1 N–H and O–H groups in total. The van der Waals surface area contributed by atoms with Crippen LogP contribution in [0.4, 0.5) is 5.69 Å². The van der Waals surface area contributed by atoms with Crippen LogP contribution in [0.3, 0.4) is 0 Å². The number of carbonyl (C=O) groups excluding carboxylic acids is 1. The highest BCUT2D eigenvalue weighted by molar-refractivity contribution is 6.21. The summed E-state index contributed by atoms with van der Waals surface area (Å²) in [6, 6.07) is 7.64. The Bertz CT molecular complexity index is 393. The molecule has 2 nitrogen and oxygen atoms in total. The fourth-order valence-corrected chi connectivity index (χ4v) is 1.82. The van der Waals surface area contributed by atoms with E-state index in [4.69, 9.17) is 11.6 Å². The van der Waals surface area contributed by atoms with E-state index < -0.39 is 0 Å². The van der Waals surface area contributed by atoms with Crippen molar-refractivity contribution in [2.75, 3.05) is 5.32 Å². The van der Waals surface area contributed by atoms with Crippen LogP contribution < -0.4 is 5.32 Å². The lowest BCUT2D eigenvalue weighted by molar-refractivity contribution is -0.117. The van der Waals surface area contributed by atoms with Crippen molar-refractivity contribution in [1.29, 1.82) is 0 Å². The summed E-state index contributed by atoms with van der Waals surface area (Å²) in [7, 11) is 0. The molecule has 17 heavy (non-hydrogen) atoms. The molecule has 0 aliphatic rings. The van der Waals surface area contributed by atoms with E-state index in [2.05, 4.69) is 5.32 Å². The third-order valence-electron chi connectivity index (χ3n) is 2.35. The first-order valence-corrected chi connectivity index (χ1v) is 6.26. The Hall–Kier alpha value is -1.02. The summed E-state index contributed by atoms with van der Waals surface area (Å²) >= 11 is 6.07. The summed E-state index contributed by atoms with van der Waals surface area (Å²) in [4.78, 5) is 11.8. The van der Waals surface area contributed by atoms with Crippen molar-refractivity contribution < 1.29 is 4.79 Å². The second kappa shape index (κ2) is 5.54. The fraction of sp³-hybridized carbons (Fsp3) is 0.500. The molecule has 1 unspecified atom stereocenters. The first kappa shape index (κ1) is 14.0. The van der Waals surface area contributed by atoms with Crippen LogP contribution in [0.5, 0.6) is 0 Å². The SMILES string of the molecule is CC(Cl)c1ccccc1NC(=O)CC(C)(C)C. The molecule has 0 saturated carbocycles. The van der Waals surface area contributed by atoms with Gasteiger partial charge in [-0.1, -0.05) is 39.0 Å². The third-order valence-corrected chi connectivity index (χ3v) is 2.59. The number of para-hydroxylation sites is 1. The molecule has 0 spiro atoms. The molecule has 0 heterocycles. The van der Waals surface area contributed by atoms with Gasteiger partial charge >= 0.3 is 0 Å². The van der Waals surface area contributed by atoms with Crippen molar-refractivity contribution in [3.05, 3.63) is 29.8 Å². The summed E-state index contributed by atoms with van der Waals surface area (Å²) in [6.07, 6.45) is 0.498. The largest absolute Gasteiger partial charge is 0.326 e. The van der Waals surface area contributed by atoms with Crippen LogP contribution in [-0.2, 0) is 4.79 Å². The lowest BCUT2D eigenvalue weighted by atomic mass is 9.92. The lowest BCUT2D eigenvalue weighted by Crippen LogP contribution is -2.20. The van der Waals surface area contributed by atoms with E-state index >= 15 is 0 Å². The van der Waals surface area contributed by atoms with Crippen molar-refractivity contribution in [1.82, 2.24) is 0 Å². The summed E-state index contributed by atoms with van der Waals surface area (Å²) < 4.78 is 0. The van der Waals surface area contributed by atoms with Gasteiger partial charge in [-0.15, -0.1) is 11.6 Å². The number of carbonyl (C=O) groups is 1. The Balaban J connectivity index is 2.78. The van der Waals surface area contributed by atoms with Gasteiger partial charge in [0.1, 0.15) is 0 Å². The highest BCUT2D eigenvalue weighted by Gasteiger charge is 2.17. The summed E-state index contributed by atoms with van der Waals surface area (Å²) in [5.41, 5.74) is 1.76. The van der Waals surface area contributed by atoms with Crippen LogP contribution in [0.15, 0.2) is 24.3 Å². The number of rotatable bonds is 3. The van der Waals surface area contributed by atoms with Crippen LogP contribution in [0.2, 0.25) is 0 Å². The molecule has 1 aromatic carbocycles. The minimum Gasteiger partial charge on any atom is -0.326 e. The summed E-state index contributed by atoms with van der Waals surface area (Å²) in [5.74, 6) is 0.0299. The summed E-state index contributed by atoms with van der Waals surface area (Å²) in [6.45, 7) is 8.03. The van der Waals surface area contributed by atoms with E-state index in [1.54, 1.807) is 0 Å². The minimum atomic E-state index is -0.110. The fourth-order valence-electron chi connectivity index (χ4n) is 1.63. The van der Waals surface area contributed by atoms with E-state index in [-0.39, 0.29) is 16.7 Å². The van der Waals surface area contributed by atoms with Gasteiger partial charge in [0.05, 0.1) is 5.38 Å². The monoisotopic (exact) mass is 253 g/mol. The Labute approximate surface area is 108 Å². The van der Waals surface area contributed by atoms with E-state index in [0.717, 1.165) is 11.3 Å². The Morgan fingerprint density at radius 3 is 2.47 bits per heavy atom. The normalized spacial score (nSPS) is 13.2. The Morgan fingerprint density at radius 1 is 1.35 bits per heavy atom. The molecule has 0 saturated heterocycles. The molecule has 1 amide bonds. The van der Waals surface area contributed by atoms with Crippen molar-refractivity contribution in [3.8, 4) is 0 Å². The zero-order valence-electron chi connectivity index (χ0n) is 10.9. The third kappa shape index (κ3) is 4.78. The maximum atomic E-state index is 11.8. The number of nitrogens with one attached hydrogen (secondary N) is 1. The number of alkyl halides is 1. The van der Waals surface area contributed by atoms with E-state index in [1.807, 2.05) is 52.0 Å². The van der Waals surface area contributed by atoms with Crippen molar-refractivity contribution in [2.45, 2.75) is 39.5 Å². The van der Waals surface area contributed by atoms with Gasteiger partial charge < -0.3 is 5.32 Å². The molecular formula is C14H20ClNO. The van der Waals surface area contributed by atoms with Gasteiger partial charge in [-0.2, -0.15) is 0 Å². The number of anilines is 1. The average molecular weight is 254 g/mol. The molecule has 0 aliphatic carbocycles. The molecule has 1 rings (SSSR count). The zero-order chi connectivity index (χ0) is 13.1. The van der Waals surface area contributed by atoms with Gasteiger partial charge in [0, 0.05) is 12.1 Å². The van der Waals surface area contributed by atoms with Crippen LogP contribution >= 0.6 is 11.6 Å². The van der Waals surface area contributed by atoms with Gasteiger partial charge in [-0.25, -0.2) is 0 Å². The first-order chi connectivity index (χ1) is 7.79. The molecule has 0 bridgehead atoms. The van der Waals surface area contributed by atoms with E-state index in [1.165, 1.54) is 0 Å². The molecule has 0 aromatic heterocycles. The van der Waals surface area contributed by atoms with Gasteiger partial charge in [0.2, 0.25) is 5.91 Å². The minimum absolute atomic E-state index is 0.00833. The van der Waals surface area contributed by atoms with Gasteiger partial charge in [0.15, 0.2) is 0 Å². The highest BCUT2D eigenvalue weighted by atomic mass is 35.5. The number of hydrogen-bond donors (Lipinski definition) is 1. The number of hydrogen-bond acceptors (Lipinski definition) is 1. The number of benzene rings is 1. The molecule has 0 fully saturated rings. The Kier molecular flexibility index (Phi) is 4.58. The highest BCUT2D eigenvalue weighted by Crippen LogP contribution is 2.28. The summed E-state index contributed by atoms with van der Waals surface area (Å²) in [5, 5.41) is 2.81. The van der Waals surface area contributed by atoms with Gasteiger partial charge in [-0.05, 0) is 24.0 Å². The van der Waals surface area contributed by atoms with Crippen LogP contribution in [0.1, 0.15) is 45.1 Å². The molecule has 0 aliphatic heterocycles. The van der Waals surface area contributed by atoms with Crippen molar-refractivity contribution in [2.24, 2.45) is 5.41 Å². The number of amides is 1. The van der Waals surface area contributed by atoms with Crippen LogP contribution in [-0.4, -0.2) is 5.91 Å². The maximum absolute atomic E-state index is 11.8. The van der Waals surface area contributed by atoms with Gasteiger partial charge in [-0.3, -0.25) is 4.79 Å². The molecule has 0 radical (unpaired) electrons. The first-order valence-electron chi connectivity index (χ1n) is 5.82. The number of halogens is 1. The molecule has 1 atom stereocenters. The Morgan fingerprint density at radius 2 is 1.94 bits per heavy atom. The quantitative estimate of drug-likeness (QED) is 0.797. The topological polar surface area (TPSA) is 29.1 Å². The predicted molar refractivity (Wildman–Crippen MR) is 73.4 cm³/mol. The standard InChI is InChI=1S/C14H20ClNO/c1-10(15)11-7-5-6-8-12(11)16-13(17)9-14(2,3)4/h5-8,10H,9H2,1-4H3,(H,16,17). The van der Waals surface area contributed by atoms with Crippen LogP contribution in [0, 0.1) is 5.41 Å². The lowest BCUT2D eigenvalue weighted by Gasteiger charge is -2.18. The molecular weight excluding hydrogens is 234 g/mol. The zero-order valence-corrected chi connectivity index (χ0v) is 11.6. The molecule has 1 aromatic rings. The van der Waals surface area contributed by atoms with Gasteiger partial charge in [0.25, 0.3) is 0 Å². The van der Waals surface area contributed by atoms with Crippen molar-refractivity contribution in [3.63, 3.8) is 0 Å². The van der Waals surface area contributed by atoms with E-state index in [0.29, 0.717) is 6.42 Å². The maximum Gasteiger partial charge on any atom is 0.224 e. The van der Waals surface area contributed by atoms with Crippen LogP contribution in [0.25, 0.3) is 0 Å². The molecule has 3 heteroatoms.